The molecular weight excluding hydrogens is 760 g/mol. The molecule has 0 spiro atoms. The summed E-state index contributed by atoms with van der Waals surface area (Å²) >= 11 is 0. The smallest absolute Gasteiger partial charge is 0.312 e. The summed E-state index contributed by atoms with van der Waals surface area (Å²) in [4.78, 5) is 40.4. The number of aliphatic hydroxyl groups excluding tert-OH is 2. The second-order valence-corrected chi connectivity index (χ2v) is 16.3. The highest BCUT2D eigenvalue weighted by atomic mass is 16.7. The van der Waals surface area contributed by atoms with Crippen LogP contribution in [0.15, 0.2) is 36.1 Å². The van der Waals surface area contributed by atoms with Crippen LogP contribution >= 0.6 is 0 Å². The number of phenolic OH excluding ortho intramolecular Hbond substituents is 3. The van der Waals surface area contributed by atoms with Crippen LogP contribution in [0.2, 0.25) is 0 Å². The molecule has 59 heavy (non-hydrogen) atoms. The predicted molar refractivity (Wildman–Crippen MR) is 226 cm³/mol. The third-order valence-electron chi connectivity index (χ3n) is 11.8. The van der Waals surface area contributed by atoms with Crippen LogP contribution in [0.3, 0.4) is 0 Å². The number of ether oxygens (including phenoxy) is 4. The monoisotopic (exact) mass is 824 g/mol. The van der Waals surface area contributed by atoms with Gasteiger partial charge in [-0.1, -0.05) is 85.0 Å². The van der Waals surface area contributed by atoms with E-state index in [1.165, 1.54) is 46.3 Å². The molecule has 3 heterocycles. The van der Waals surface area contributed by atoms with Crippen LogP contribution in [-0.2, 0) is 23.8 Å². The lowest BCUT2D eigenvalue weighted by atomic mass is 9.78. The molecule has 1 amide bonds. The van der Waals surface area contributed by atoms with Crippen molar-refractivity contribution in [3.63, 3.8) is 0 Å². The molecule has 14 nitrogen and oxygen atoms in total. The molecule has 0 saturated carbocycles. The van der Waals surface area contributed by atoms with Gasteiger partial charge in [-0.3, -0.25) is 14.4 Å². The third-order valence-corrected chi connectivity index (χ3v) is 11.8. The summed E-state index contributed by atoms with van der Waals surface area (Å²) in [5.41, 5.74) is -0.123. The van der Waals surface area contributed by atoms with Crippen LogP contribution in [0.5, 0.6) is 23.0 Å². The standard InChI is InChI=1S/C45H64N2O12/c1-11-12-13-14-15-16-21-46-34-35-40(53)32-31(39(34)52)33-42(28(7)38(32)51)59-45(9,43(33)54)57-22-20-30(56-10)25(4)41(58-29(8)48)27(6)37(50)26(5)36(49)23(2)18-17-19-24(3)44(55)47-35/h17-20,22-23,25-27,30,36-37,41,46,49-53H,11-16,21H2,1-10H3,(H,47,55)/b18-17-,22-20-,24-19-/t23-,25+,26+,27+,30-,36-,37+,41+,45-/m0/s1. The molecule has 0 aromatic heterocycles. The number of aliphatic hydroxyl groups is 2. The van der Waals surface area contributed by atoms with E-state index < -0.39 is 88.8 Å². The first-order valence-corrected chi connectivity index (χ1v) is 20.6. The van der Waals surface area contributed by atoms with Crippen molar-refractivity contribution in [1.82, 2.24) is 0 Å². The Hall–Kier alpha value is -4.79. The number of Topliss-reactive ketones (excluding diaryl/α,β-unsaturated/α-hetero) is 1. The molecule has 9 atom stereocenters. The number of allylic oxidation sites excluding steroid dienone is 2. The molecule has 0 aliphatic carbocycles. The summed E-state index contributed by atoms with van der Waals surface area (Å²) in [6.45, 7) is 15.1. The number of aromatic hydroxyl groups is 3. The number of anilines is 2. The summed E-state index contributed by atoms with van der Waals surface area (Å²) in [6.07, 6.45) is 9.61. The molecule has 2 aromatic carbocycles. The average molecular weight is 825 g/mol. The summed E-state index contributed by atoms with van der Waals surface area (Å²) in [7, 11) is 1.44. The molecule has 5 bridgehead atoms. The summed E-state index contributed by atoms with van der Waals surface area (Å²) in [5, 5.41) is 63.7. The Labute approximate surface area is 347 Å². The van der Waals surface area contributed by atoms with Gasteiger partial charge in [-0.2, -0.15) is 0 Å². The van der Waals surface area contributed by atoms with Crippen molar-refractivity contribution >= 4 is 39.8 Å². The lowest BCUT2D eigenvalue weighted by Crippen LogP contribution is -2.46. The van der Waals surface area contributed by atoms with Crippen LogP contribution in [0.1, 0.15) is 110 Å². The van der Waals surface area contributed by atoms with Crippen molar-refractivity contribution in [2.75, 3.05) is 24.3 Å². The Morgan fingerprint density at radius 1 is 0.898 bits per heavy atom. The number of carbonyl (C=O) groups excluding carboxylic acids is 3. The van der Waals surface area contributed by atoms with E-state index in [0.717, 1.165) is 32.1 Å². The maximum absolute atomic E-state index is 14.4. The van der Waals surface area contributed by atoms with Gasteiger partial charge in [-0.05, 0) is 26.3 Å². The zero-order valence-corrected chi connectivity index (χ0v) is 36.0. The largest absolute Gasteiger partial charge is 0.507 e. The number of nitrogens with one attached hydrogen (secondary N) is 2. The van der Waals surface area contributed by atoms with Crippen LogP contribution in [0.4, 0.5) is 11.4 Å². The highest BCUT2D eigenvalue weighted by Gasteiger charge is 2.50. The predicted octanol–water partition coefficient (Wildman–Crippen LogP) is 7.53. The maximum atomic E-state index is 14.4. The number of fused-ring (bicyclic) bond motifs is 14. The quantitative estimate of drug-likeness (QED) is 0.0535. The van der Waals surface area contributed by atoms with E-state index in [0.29, 0.717) is 13.0 Å². The van der Waals surface area contributed by atoms with E-state index in [9.17, 15) is 39.9 Å². The fourth-order valence-electron chi connectivity index (χ4n) is 8.01. The number of phenols is 3. The molecular formula is C45H64N2O12. The summed E-state index contributed by atoms with van der Waals surface area (Å²) in [6, 6.07) is 0. The van der Waals surface area contributed by atoms with Gasteiger partial charge in [0.2, 0.25) is 0 Å². The molecule has 0 fully saturated rings. The maximum Gasteiger partial charge on any atom is 0.312 e. The Bertz CT molecular complexity index is 1960. The first-order chi connectivity index (χ1) is 27.8. The Morgan fingerprint density at radius 2 is 1.56 bits per heavy atom. The molecule has 5 rings (SSSR count). The number of rotatable bonds is 10. The van der Waals surface area contributed by atoms with Gasteiger partial charge >= 0.3 is 11.8 Å². The minimum Gasteiger partial charge on any atom is -0.507 e. The van der Waals surface area contributed by atoms with E-state index in [1.807, 2.05) is 0 Å². The van der Waals surface area contributed by atoms with Crippen molar-refractivity contribution in [3.05, 3.63) is 47.3 Å². The Balaban J connectivity index is 1.91. The number of amides is 1. The van der Waals surface area contributed by atoms with Gasteiger partial charge in [0.1, 0.15) is 34.7 Å². The first kappa shape index (κ1) is 46.9. The fraction of sp³-hybridized carbons (Fsp3) is 0.578. The topological polar surface area (TPSA) is 213 Å². The molecule has 2 aromatic rings. The molecule has 3 aliphatic rings. The number of ketones is 1. The number of esters is 1. The highest BCUT2D eigenvalue weighted by molar-refractivity contribution is 6.23. The van der Waals surface area contributed by atoms with Crippen molar-refractivity contribution in [1.29, 1.82) is 0 Å². The number of benzene rings is 2. The molecule has 0 unspecified atom stereocenters. The number of hydrogen-bond donors (Lipinski definition) is 7. The van der Waals surface area contributed by atoms with Crippen molar-refractivity contribution in [2.45, 2.75) is 131 Å². The van der Waals surface area contributed by atoms with Crippen molar-refractivity contribution in [2.24, 2.45) is 23.7 Å². The molecule has 14 heteroatoms. The van der Waals surface area contributed by atoms with E-state index >= 15 is 0 Å². The molecule has 0 saturated heterocycles. The van der Waals surface area contributed by atoms with E-state index in [-0.39, 0.29) is 44.6 Å². The van der Waals surface area contributed by atoms with Gasteiger partial charge in [-0.15, -0.1) is 0 Å². The second kappa shape index (κ2) is 20.0. The van der Waals surface area contributed by atoms with Gasteiger partial charge < -0.3 is 55.1 Å². The average Bonchev–Trinajstić information content (AvgIpc) is 3.46. The number of carbonyl (C=O) groups is 3. The first-order valence-electron chi connectivity index (χ1n) is 20.6. The molecule has 7 N–H and O–H groups in total. The fourth-order valence-corrected chi connectivity index (χ4v) is 8.01. The van der Waals surface area contributed by atoms with E-state index in [1.54, 1.807) is 46.8 Å². The minimum atomic E-state index is -2.02. The molecule has 326 valence electrons. The summed E-state index contributed by atoms with van der Waals surface area (Å²) in [5.74, 6) is -8.04. The molecule has 3 aliphatic heterocycles. The Kier molecular flexibility index (Phi) is 15.9. The lowest BCUT2D eigenvalue weighted by molar-refractivity contribution is -0.160. The number of hydrogen-bond acceptors (Lipinski definition) is 13. The zero-order valence-electron chi connectivity index (χ0n) is 36.0. The van der Waals surface area contributed by atoms with Gasteiger partial charge in [0.15, 0.2) is 5.75 Å². The van der Waals surface area contributed by atoms with Crippen LogP contribution in [0, 0.1) is 30.6 Å². The van der Waals surface area contributed by atoms with Crippen LogP contribution in [-0.4, -0.2) is 87.0 Å². The van der Waals surface area contributed by atoms with Crippen molar-refractivity contribution in [3.8, 4) is 23.0 Å². The highest BCUT2D eigenvalue weighted by Crippen LogP contribution is 2.57. The minimum absolute atomic E-state index is 0.0554. The normalized spacial score (nSPS) is 29.9. The van der Waals surface area contributed by atoms with Crippen LogP contribution in [0.25, 0.3) is 10.8 Å². The second-order valence-electron chi connectivity index (χ2n) is 16.3. The van der Waals surface area contributed by atoms with Gasteiger partial charge in [-0.25, -0.2) is 0 Å². The zero-order chi connectivity index (χ0) is 43.9. The number of methoxy groups -OCH3 is 1. The van der Waals surface area contributed by atoms with Crippen molar-refractivity contribution < 1.29 is 58.9 Å². The third kappa shape index (κ3) is 9.99. The van der Waals surface area contributed by atoms with E-state index in [4.69, 9.17) is 18.9 Å². The van der Waals surface area contributed by atoms with Crippen LogP contribution < -0.4 is 15.4 Å². The van der Waals surface area contributed by atoms with E-state index in [2.05, 4.69) is 17.6 Å². The summed E-state index contributed by atoms with van der Waals surface area (Å²) < 4.78 is 23.6. The number of unbranched alkanes of at least 4 members (excludes halogenated alkanes) is 5. The molecule has 0 radical (unpaired) electrons. The van der Waals surface area contributed by atoms with Gasteiger partial charge in [0.05, 0.1) is 35.5 Å². The van der Waals surface area contributed by atoms with Gasteiger partial charge in [0.25, 0.3) is 11.7 Å². The SMILES string of the molecule is CCCCCCCCNc1c2c(O)c3c(O)c(C)c4c(c3c1O)C(=O)[C@@](C)(O/C=C\[C@H](OC)[C@@H](C)[C@@H](OC(C)=O)[C@H](C)[C@H](O)[C@H](C)[C@@H](O)[C@@H](C)/C=C\C=C(\C)C(=O)N2)O4. The van der Waals surface area contributed by atoms with Gasteiger partial charge in [0, 0.05) is 67.7 Å². The Morgan fingerprint density at radius 3 is 2.20 bits per heavy atom. The lowest BCUT2D eigenvalue weighted by Gasteiger charge is -2.38.